The van der Waals surface area contributed by atoms with E-state index in [-0.39, 0.29) is 28.6 Å². The lowest BCUT2D eigenvalue weighted by Crippen LogP contribution is -3.16. The van der Waals surface area contributed by atoms with E-state index >= 15 is 0 Å². The van der Waals surface area contributed by atoms with Crippen LogP contribution in [0.15, 0.2) is 39.9 Å². The van der Waals surface area contributed by atoms with Crippen molar-refractivity contribution in [2.45, 2.75) is 18.5 Å². The van der Waals surface area contributed by atoms with E-state index in [1.807, 2.05) is 18.2 Å². The molecule has 130 valence electrons. The molecule has 8 nitrogen and oxygen atoms in total. The molecule has 0 amide bonds. The Bertz CT molecular complexity index is 976. The summed E-state index contributed by atoms with van der Waals surface area (Å²) in [5, 5.41) is 11.9. The van der Waals surface area contributed by atoms with Crippen LogP contribution in [0, 0.1) is 28.9 Å². The molecule has 2 aromatic rings. The lowest BCUT2D eigenvalue weighted by molar-refractivity contribution is -0.907. The van der Waals surface area contributed by atoms with Crippen LogP contribution in [-0.4, -0.2) is 27.0 Å². The molecule has 7 unspecified atom stereocenters. The van der Waals surface area contributed by atoms with Crippen LogP contribution in [0.2, 0.25) is 0 Å². The molecule has 2 aliphatic carbocycles. The van der Waals surface area contributed by atoms with Crippen LogP contribution in [0.4, 0.5) is 0 Å². The number of rotatable bonds is 1. The second kappa shape index (κ2) is 4.51. The van der Waals surface area contributed by atoms with Gasteiger partial charge in [-0.05, 0) is 30.4 Å². The number of aromatic nitrogens is 3. The van der Waals surface area contributed by atoms with Crippen molar-refractivity contribution < 1.29 is 5.17 Å². The summed E-state index contributed by atoms with van der Waals surface area (Å²) in [7, 11) is 0. The number of hydrogen-bond donors (Lipinski definition) is 2. The molecule has 2 aliphatic heterocycles. The van der Waals surface area contributed by atoms with E-state index in [0.29, 0.717) is 42.4 Å². The fraction of sp³-hybridized carbons (Fsp3) is 0.529. The Morgan fingerprint density at radius 1 is 1.04 bits per heavy atom. The molecule has 8 heteroatoms. The third-order valence-corrected chi connectivity index (χ3v) is 6.96. The van der Waals surface area contributed by atoms with Gasteiger partial charge in [-0.25, -0.2) is 23.5 Å². The smallest absolute Gasteiger partial charge is 0.352 e. The lowest BCUT2D eigenvalue weighted by atomic mass is 9.76. The van der Waals surface area contributed by atoms with Gasteiger partial charge in [-0.2, -0.15) is 5.43 Å². The van der Waals surface area contributed by atoms with E-state index in [9.17, 15) is 14.8 Å². The highest BCUT2D eigenvalue weighted by atomic mass is 16.5. The van der Waals surface area contributed by atoms with Crippen LogP contribution in [-0.2, 0) is 0 Å². The zero-order valence-electron chi connectivity index (χ0n) is 13.5. The molecule has 6 rings (SSSR count). The molecule has 3 heterocycles. The Morgan fingerprint density at radius 2 is 1.80 bits per heavy atom. The summed E-state index contributed by atoms with van der Waals surface area (Å²) in [5.74, 6) is 1.40. The molecule has 0 radical (unpaired) electrons. The van der Waals surface area contributed by atoms with Crippen LogP contribution in [0.3, 0.4) is 0 Å². The highest BCUT2D eigenvalue weighted by Crippen LogP contribution is 2.65. The summed E-state index contributed by atoms with van der Waals surface area (Å²) >= 11 is 0. The standard InChI is InChI=1S/C17H19N5O3/c23-16-20(9-4-2-1-3-5-9)17(24)22-15-10-6-13(21(16)22)14(15)11-7-18-19(25)8-12(10)11/h1-5,10-15,18-19H,6-8H2. The van der Waals surface area contributed by atoms with Gasteiger partial charge in [0.1, 0.15) is 0 Å². The zero-order valence-corrected chi connectivity index (χ0v) is 13.5. The van der Waals surface area contributed by atoms with Gasteiger partial charge >= 0.3 is 11.4 Å². The SMILES string of the molecule is O=c1n(-c2ccccc2)c(=O)n2n1C1CC3C4C[NH+]([O-])NCC4C1C32. The average Bonchev–Trinajstić information content (AvgIpc) is 3.31. The first kappa shape index (κ1) is 14.1. The van der Waals surface area contributed by atoms with Crippen molar-refractivity contribution in [2.24, 2.45) is 23.7 Å². The highest BCUT2D eigenvalue weighted by molar-refractivity contribution is 5.31. The molecule has 4 aliphatic rings. The predicted molar refractivity (Wildman–Crippen MR) is 88.1 cm³/mol. The Hall–Kier alpha value is -2.16. The minimum absolute atomic E-state index is 0.0675. The maximum atomic E-state index is 13.1. The van der Waals surface area contributed by atoms with Crippen molar-refractivity contribution in [1.82, 2.24) is 19.4 Å². The van der Waals surface area contributed by atoms with Gasteiger partial charge in [-0.3, -0.25) is 5.17 Å². The van der Waals surface area contributed by atoms with E-state index in [4.69, 9.17) is 0 Å². The maximum absolute atomic E-state index is 13.1. The molecule has 1 aromatic carbocycles. The maximum Gasteiger partial charge on any atom is 0.352 e. The zero-order chi connectivity index (χ0) is 16.9. The van der Waals surface area contributed by atoms with E-state index < -0.39 is 0 Å². The fourth-order valence-electron chi connectivity index (χ4n) is 6.22. The van der Waals surface area contributed by atoms with Gasteiger partial charge in [0.15, 0.2) is 0 Å². The van der Waals surface area contributed by atoms with Crippen LogP contribution in [0.1, 0.15) is 18.5 Å². The third kappa shape index (κ3) is 1.53. The summed E-state index contributed by atoms with van der Waals surface area (Å²) in [5.41, 5.74) is 3.12. The number of hydroxylamine groups is 1. The monoisotopic (exact) mass is 341 g/mol. The summed E-state index contributed by atoms with van der Waals surface area (Å²) in [6, 6.07) is 9.27. The van der Waals surface area contributed by atoms with Crippen molar-refractivity contribution in [3.63, 3.8) is 0 Å². The number of nitrogens with zero attached hydrogens (tertiary/aromatic N) is 3. The third-order valence-electron chi connectivity index (χ3n) is 6.96. The number of para-hydroxylation sites is 1. The van der Waals surface area contributed by atoms with Gasteiger partial charge in [0.05, 0.1) is 24.3 Å². The first-order valence-corrected chi connectivity index (χ1v) is 8.95. The van der Waals surface area contributed by atoms with Crippen molar-refractivity contribution in [2.75, 3.05) is 13.1 Å². The molecule has 1 aromatic heterocycles. The van der Waals surface area contributed by atoms with Gasteiger partial charge in [-0.15, -0.1) is 0 Å². The normalized spacial score (nSPS) is 40.3. The summed E-state index contributed by atoms with van der Waals surface area (Å²) < 4.78 is 4.70. The molecule has 1 saturated heterocycles. The van der Waals surface area contributed by atoms with E-state index in [2.05, 4.69) is 5.43 Å². The first-order chi connectivity index (χ1) is 12.2. The summed E-state index contributed by atoms with van der Waals surface area (Å²) in [4.78, 5) is 26.1. The second-order valence-corrected chi connectivity index (χ2v) is 7.80. The van der Waals surface area contributed by atoms with Crippen LogP contribution in [0.5, 0.6) is 0 Å². The molecule has 2 N–H and O–H groups in total. The van der Waals surface area contributed by atoms with Crippen molar-refractivity contribution in [1.29, 1.82) is 0 Å². The largest absolute Gasteiger partial charge is 0.613 e. The van der Waals surface area contributed by atoms with Gasteiger partial charge in [-0.1, -0.05) is 18.2 Å². The first-order valence-electron chi connectivity index (χ1n) is 8.95. The van der Waals surface area contributed by atoms with Crippen LogP contribution >= 0.6 is 0 Å². The summed E-state index contributed by atoms with van der Waals surface area (Å²) in [6.45, 7) is 1.25. The van der Waals surface area contributed by atoms with E-state index in [1.165, 1.54) is 4.57 Å². The predicted octanol–water partition coefficient (Wildman–Crippen LogP) is -1.32. The Kier molecular flexibility index (Phi) is 2.54. The minimum Gasteiger partial charge on any atom is -0.613 e. The summed E-state index contributed by atoms with van der Waals surface area (Å²) in [6.07, 6.45) is 0.919. The Morgan fingerprint density at radius 3 is 2.60 bits per heavy atom. The van der Waals surface area contributed by atoms with Gasteiger partial charge in [0, 0.05) is 18.4 Å². The lowest BCUT2D eigenvalue weighted by Gasteiger charge is -2.42. The highest BCUT2D eigenvalue weighted by Gasteiger charge is 2.67. The molecule has 3 fully saturated rings. The Labute approximate surface area is 142 Å². The number of nitrogens with one attached hydrogen (secondary N) is 2. The minimum atomic E-state index is -0.240. The van der Waals surface area contributed by atoms with Crippen molar-refractivity contribution in [3.8, 4) is 5.69 Å². The molecule has 25 heavy (non-hydrogen) atoms. The second-order valence-electron chi connectivity index (χ2n) is 7.80. The van der Waals surface area contributed by atoms with E-state index in [0.717, 1.165) is 6.42 Å². The molecular formula is C17H19N5O3. The van der Waals surface area contributed by atoms with Crippen LogP contribution in [0.25, 0.3) is 5.69 Å². The Balaban J connectivity index is 1.51. The molecule has 0 spiro atoms. The molecule has 2 saturated carbocycles. The topological polar surface area (TPSA) is 88.5 Å². The molecule has 4 bridgehead atoms. The molecular weight excluding hydrogens is 322 g/mol. The van der Waals surface area contributed by atoms with Gasteiger partial charge in [0.2, 0.25) is 0 Å². The fourth-order valence-corrected chi connectivity index (χ4v) is 6.22. The molecule has 7 atom stereocenters. The van der Waals surface area contributed by atoms with Crippen molar-refractivity contribution >= 4 is 0 Å². The van der Waals surface area contributed by atoms with Gasteiger partial charge in [0.25, 0.3) is 0 Å². The average molecular weight is 341 g/mol. The van der Waals surface area contributed by atoms with Gasteiger partial charge < -0.3 is 5.21 Å². The number of fused-ring (bicyclic) bond motifs is 4. The quantitative estimate of drug-likeness (QED) is 0.630. The van der Waals surface area contributed by atoms with Crippen LogP contribution < -0.4 is 22.0 Å². The number of quaternary nitrogens is 1. The number of benzene rings is 1. The number of hydrogen-bond acceptors (Lipinski definition) is 4. The van der Waals surface area contributed by atoms with Crippen molar-refractivity contribution in [3.05, 3.63) is 56.5 Å². The van der Waals surface area contributed by atoms with E-state index in [1.54, 1.807) is 21.5 Å².